The van der Waals surface area contributed by atoms with E-state index < -0.39 is 34.6 Å². The molecule has 0 saturated heterocycles. The van der Waals surface area contributed by atoms with E-state index in [9.17, 15) is 29.7 Å². The van der Waals surface area contributed by atoms with Crippen molar-refractivity contribution in [3.8, 4) is 0 Å². The van der Waals surface area contributed by atoms with Crippen LogP contribution in [0.15, 0.2) is 12.1 Å². The molecule has 0 atom stereocenters. The van der Waals surface area contributed by atoms with Gasteiger partial charge in [-0.15, -0.1) is 0 Å². The number of anilines is 1. The number of hydrogen-bond acceptors (Lipinski definition) is 4. The van der Waals surface area contributed by atoms with E-state index in [2.05, 4.69) is 12.2 Å². The summed E-state index contributed by atoms with van der Waals surface area (Å²) in [5, 5.41) is 30.7. The van der Waals surface area contributed by atoms with E-state index in [1.807, 2.05) is 0 Å². The van der Waals surface area contributed by atoms with Gasteiger partial charge in [0.1, 0.15) is 0 Å². The predicted molar refractivity (Wildman–Crippen MR) is 138 cm³/mol. The zero-order valence-electron chi connectivity index (χ0n) is 17.9. The average Bonchev–Trinajstić information content (AvgIpc) is 2.70. The van der Waals surface area contributed by atoms with Gasteiger partial charge in [-0.1, -0.05) is 77.6 Å². The Labute approximate surface area is 263 Å². The summed E-state index contributed by atoms with van der Waals surface area (Å²) in [6, 6.07) is 2.36. The molecule has 0 saturated carbocycles. The monoisotopic (exact) mass is 493 g/mol. The summed E-state index contributed by atoms with van der Waals surface area (Å²) in [6.07, 6.45) is 14.8. The van der Waals surface area contributed by atoms with E-state index in [4.69, 9.17) is 0 Å². The normalized spacial score (nSPS) is 9.73. The van der Waals surface area contributed by atoms with Gasteiger partial charge in [-0.2, -0.15) is 0 Å². The van der Waals surface area contributed by atoms with Crippen LogP contribution in [-0.4, -0.2) is 128 Å². The standard InChI is InChI=1S/C23H35NO6.3Na.3H/c1-2-3-4-5-6-7-8-9-10-11-12-13-14-24-17-15-18(21(25)26)20(23(29)30)19(16-17)22(27)28;;;;;;/h15-16,24H,2-14H2,1H3,(H,25,26)(H,27,28)(H,29,30);;;;;;. The van der Waals surface area contributed by atoms with Crippen LogP contribution < -0.4 is 5.32 Å². The zero-order chi connectivity index (χ0) is 22.4. The van der Waals surface area contributed by atoms with Crippen LogP contribution in [0.3, 0.4) is 0 Å². The number of aromatic carboxylic acids is 3. The fraction of sp³-hybridized carbons (Fsp3) is 0.609. The molecule has 0 spiro atoms. The molecule has 174 valence electrons. The molecule has 0 heterocycles. The predicted octanol–water partition coefficient (Wildman–Crippen LogP) is 3.95. The molecular weight excluding hydrogens is 455 g/mol. The first kappa shape index (κ1) is 38.0. The first-order valence-corrected chi connectivity index (χ1v) is 11.0. The number of nitrogens with one attached hydrogen (secondary N) is 1. The zero-order valence-corrected chi connectivity index (χ0v) is 17.9. The van der Waals surface area contributed by atoms with Crippen LogP contribution >= 0.6 is 0 Å². The van der Waals surface area contributed by atoms with Crippen LogP contribution in [0.5, 0.6) is 0 Å². The Kier molecular flexibility index (Phi) is 26.3. The summed E-state index contributed by atoms with van der Waals surface area (Å²) in [6.45, 7) is 2.80. The third-order valence-electron chi connectivity index (χ3n) is 5.17. The maximum atomic E-state index is 11.4. The molecule has 0 bridgehead atoms. The molecule has 0 fully saturated rings. The van der Waals surface area contributed by atoms with E-state index in [-0.39, 0.29) is 88.7 Å². The Morgan fingerprint density at radius 3 is 1.33 bits per heavy atom. The van der Waals surface area contributed by atoms with E-state index in [0.717, 1.165) is 19.3 Å². The van der Waals surface area contributed by atoms with Gasteiger partial charge in [0.15, 0.2) is 0 Å². The summed E-state index contributed by atoms with van der Waals surface area (Å²) >= 11 is 0. The second-order valence-corrected chi connectivity index (χ2v) is 7.68. The summed E-state index contributed by atoms with van der Waals surface area (Å²) in [7, 11) is 0. The molecule has 0 aliphatic rings. The van der Waals surface area contributed by atoms with Crippen molar-refractivity contribution in [1.82, 2.24) is 0 Å². The van der Waals surface area contributed by atoms with Crippen LogP contribution in [0.25, 0.3) is 0 Å². The number of unbranched alkanes of at least 4 members (excludes halogenated alkanes) is 11. The van der Waals surface area contributed by atoms with Crippen LogP contribution in [0.2, 0.25) is 0 Å². The van der Waals surface area contributed by atoms with Crippen LogP contribution in [0, 0.1) is 0 Å². The fourth-order valence-corrected chi connectivity index (χ4v) is 3.51. The number of carboxylic acid groups (broad SMARTS) is 3. The molecule has 0 aliphatic carbocycles. The molecule has 0 radical (unpaired) electrons. The maximum absolute atomic E-state index is 11.4. The van der Waals surface area contributed by atoms with Gasteiger partial charge in [0.25, 0.3) is 0 Å². The Hall–Kier alpha value is 0.430. The topological polar surface area (TPSA) is 124 Å². The van der Waals surface area contributed by atoms with E-state index >= 15 is 0 Å². The van der Waals surface area contributed by atoms with E-state index in [1.165, 1.54) is 69.9 Å². The Bertz CT molecular complexity index is 680. The van der Waals surface area contributed by atoms with Gasteiger partial charge >= 0.3 is 107 Å². The second kappa shape index (κ2) is 22.9. The number of rotatable bonds is 17. The number of carbonyl (C=O) groups is 3. The first-order chi connectivity index (χ1) is 14.4. The second-order valence-electron chi connectivity index (χ2n) is 7.68. The van der Waals surface area contributed by atoms with Crippen molar-refractivity contribution in [2.24, 2.45) is 0 Å². The number of carboxylic acids is 3. The first-order valence-electron chi connectivity index (χ1n) is 11.0. The number of hydrogen-bond donors (Lipinski definition) is 4. The molecule has 0 unspecified atom stereocenters. The molecule has 0 aliphatic heterocycles. The van der Waals surface area contributed by atoms with Crippen molar-refractivity contribution in [2.75, 3.05) is 11.9 Å². The Morgan fingerprint density at radius 2 is 1.00 bits per heavy atom. The third-order valence-corrected chi connectivity index (χ3v) is 5.17. The quantitative estimate of drug-likeness (QED) is 0.191. The Balaban J connectivity index is -0.00000300. The summed E-state index contributed by atoms with van der Waals surface area (Å²) in [5.41, 5.74) is -1.46. The molecule has 1 aromatic rings. The molecular formula is C23H38NNa3O6. The van der Waals surface area contributed by atoms with Gasteiger partial charge < -0.3 is 20.6 Å². The molecule has 10 heteroatoms. The van der Waals surface area contributed by atoms with Crippen molar-refractivity contribution in [3.05, 3.63) is 28.8 Å². The average molecular weight is 494 g/mol. The third kappa shape index (κ3) is 15.9. The van der Waals surface area contributed by atoms with Crippen molar-refractivity contribution >= 4 is 112 Å². The summed E-state index contributed by atoms with van der Waals surface area (Å²) < 4.78 is 0. The molecule has 1 aromatic carbocycles. The SMILES string of the molecule is CCCCCCCCCCCCCCNc1cc(C(=O)O)c(C(=O)O)c(C(=O)O)c1.[NaH].[NaH].[NaH]. The van der Waals surface area contributed by atoms with Gasteiger partial charge in [-0.05, 0) is 18.6 Å². The van der Waals surface area contributed by atoms with Crippen molar-refractivity contribution in [1.29, 1.82) is 0 Å². The van der Waals surface area contributed by atoms with E-state index in [0.29, 0.717) is 12.2 Å². The molecule has 1 rings (SSSR count). The fourth-order valence-electron chi connectivity index (χ4n) is 3.51. The van der Waals surface area contributed by atoms with Crippen molar-refractivity contribution in [2.45, 2.75) is 84.0 Å². The van der Waals surface area contributed by atoms with Gasteiger partial charge in [-0.3, -0.25) is 0 Å². The molecule has 33 heavy (non-hydrogen) atoms. The number of benzene rings is 1. The molecule has 0 aromatic heterocycles. The van der Waals surface area contributed by atoms with Crippen molar-refractivity contribution < 1.29 is 29.7 Å². The van der Waals surface area contributed by atoms with Gasteiger partial charge in [0, 0.05) is 12.2 Å². The van der Waals surface area contributed by atoms with Crippen LogP contribution in [0.4, 0.5) is 5.69 Å². The summed E-state index contributed by atoms with van der Waals surface area (Å²) in [4.78, 5) is 34.0. The Morgan fingerprint density at radius 1 is 0.636 bits per heavy atom. The molecule has 7 nitrogen and oxygen atoms in total. The van der Waals surface area contributed by atoms with Crippen molar-refractivity contribution in [3.63, 3.8) is 0 Å². The minimum atomic E-state index is -1.57. The van der Waals surface area contributed by atoms with Crippen LogP contribution in [0.1, 0.15) is 115 Å². The molecule has 4 N–H and O–H groups in total. The van der Waals surface area contributed by atoms with Gasteiger partial charge in [0.2, 0.25) is 0 Å². The van der Waals surface area contributed by atoms with Gasteiger partial charge in [0.05, 0.1) is 16.7 Å². The minimum absolute atomic E-state index is 0. The van der Waals surface area contributed by atoms with E-state index in [1.54, 1.807) is 0 Å². The molecule has 0 amide bonds. The summed E-state index contributed by atoms with van der Waals surface area (Å²) in [5.74, 6) is -4.51. The van der Waals surface area contributed by atoms with Crippen LogP contribution in [-0.2, 0) is 0 Å². The van der Waals surface area contributed by atoms with Gasteiger partial charge in [-0.25, -0.2) is 14.4 Å².